The minimum atomic E-state index is -0.930. The zero-order valence-corrected chi connectivity index (χ0v) is 15.4. The molecular formula is C19H35NO4. The fraction of sp³-hybridized carbons (Fsp3) is 0.895. The summed E-state index contributed by atoms with van der Waals surface area (Å²) in [6.07, 6.45) is 4.08. The average Bonchev–Trinajstić information content (AvgIpc) is 2.96. The van der Waals surface area contributed by atoms with Crippen molar-refractivity contribution in [2.24, 2.45) is 23.7 Å². The van der Waals surface area contributed by atoms with E-state index in [-0.39, 0.29) is 24.7 Å². The molecule has 0 aromatic heterocycles. The van der Waals surface area contributed by atoms with Crippen LogP contribution in [0.25, 0.3) is 0 Å². The van der Waals surface area contributed by atoms with Crippen LogP contribution in [0.5, 0.6) is 0 Å². The lowest BCUT2D eigenvalue weighted by Gasteiger charge is -2.43. The van der Waals surface area contributed by atoms with Crippen LogP contribution in [0, 0.1) is 23.7 Å². The molecule has 0 unspecified atom stereocenters. The largest absolute Gasteiger partial charge is 0.395 e. The summed E-state index contributed by atoms with van der Waals surface area (Å²) >= 11 is 0. The van der Waals surface area contributed by atoms with Gasteiger partial charge in [0.2, 0.25) is 0 Å². The van der Waals surface area contributed by atoms with Gasteiger partial charge in [0.05, 0.1) is 18.8 Å². The maximum absolute atomic E-state index is 10.8. The third-order valence-electron chi connectivity index (χ3n) is 6.15. The molecule has 5 heteroatoms. The topological polar surface area (TPSA) is 82.0 Å². The van der Waals surface area contributed by atoms with Gasteiger partial charge in [-0.1, -0.05) is 32.9 Å². The summed E-state index contributed by atoms with van der Waals surface area (Å²) in [4.78, 5) is 0. The van der Waals surface area contributed by atoms with Crippen molar-refractivity contribution in [2.45, 2.75) is 57.8 Å². The summed E-state index contributed by atoms with van der Waals surface area (Å²) in [5, 5.41) is 29.9. The van der Waals surface area contributed by atoms with Gasteiger partial charge in [-0.3, -0.25) is 0 Å². The SMILES string of the molecule is C=C1C[C@]2(O)O[C@@]3(C[C@H]2C(C)C)[C@@H](C)CC[C@@H]13.OCCNCCO. The van der Waals surface area contributed by atoms with Crippen LogP contribution >= 0.6 is 0 Å². The van der Waals surface area contributed by atoms with Crippen LogP contribution in [-0.4, -0.2) is 53.0 Å². The molecule has 0 amide bonds. The highest BCUT2D eigenvalue weighted by Gasteiger charge is 2.66. The lowest BCUT2D eigenvalue weighted by molar-refractivity contribution is -0.269. The summed E-state index contributed by atoms with van der Waals surface area (Å²) in [5.74, 6) is 0.852. The molecule has 0 aromatic rings. The Balaban J connectivity index is 0.000000256. The number of hydrogen-bond donors (Lipinski definition) is 4. The van der Waals surface area contributed by atoms with Gasteiger partial charge >= 0.3 is 0 Å². The van der Waals surface area contributed by atoms with E-state index in [4.69, 9.17) is 14.9 Å². The quantitative estimate of drug-likeness (QED) is 0.452. The monoisotopic (exact) mass is 341 g/mol. The number of rotatable bonds is 5. The smallest absolute Gasteiger partial charge is 0.173 e. The summed E-state index contributed by atoms with van der Waals surface area (Å²) in [6, 6.07) is 0. The van der Waals surface area contributed by atoms with Crippen molar-refractivity contribution < 1.29 is 20.1 Å². The summed E-state index contributed by atoms with van der Waals surface area (Å²) < 4.78 is 6.25. The second-order valence-corrected chi connectivity index (χ2v) is 8.02. The van der Waals surface area contributed by atoms with Crippen molar-refractivity contribution in [1.29, 1.82) is 0 Å². The van der Waals surface area contributed by atoms with E-state index in [9.17, 15) is 5.11 Å². The van der Waals surface area contributed by atoms with Crippen LogP contribution in [0.15, 0.2) is 12.2 Å². The third kappa shape index (κ3) is 3.56. The second kappa shape index (κ2) is 7.83. The number of fused-ring (bicyclic) bond motifs is 1. The van der Waals surface area contributed by atoms with Crippen LogP contribution in [0.1, 0.15) is 46.5 Å². The van der Waals surface area contributed by atoms with Gasteiger partial charge in [-0.25, -0.2) is 0 Å². The summed E-state index contributed by atoms with van der Waals surface area (Å²) in [7, 11) is 0. The lowest BCUT2D eigenvalue weighted by Crippen LogP contribution is -2.48. The van der Waals surface area contributed by atoms with Crippen LogP contribution in [0.2, 0.25) is 0 Å². The van der Waals surface area contributed by atoms with Crippen molar-refractivity contribution in [2.75, 3.05) is 26.3 Å². The molecule has 1 spiro atoms. The Hall–Kier alpha value is -0.460. The molecule has 2 aliphatic heterocycles. The molecule has 1 saturated carbocycles. The van der Waals surface area contributed by atoms with Gasteiger partial charge in [0, 0.05) is 31.3 Å². The molecule has 3 fully saturated rings. The highest BCUT2D eigenvalue weighted by Crippen LogP contribution is 2.63. The van der Waals surface area contributed by atoms with Gasteiger partial charge in [-0.15, -0.1) is 0 Å². The molecule has 4 N–H and O–H groups in total. The first-order valence-electron chi connectivity index (χ1n) is 9.33. The van der Waals surface area contributed by atoms with E-state index in [1.54, 1.807) is 0 Å². The van der Waals surface area contributed by atoms with E-state index in [0.717, 1.165) is 6.42 Å². The van der Waals surface area contributed by atoms with Gasteiger partial charge in [-0.2, -0.15) is 0 Å². The van der Waals surface area contributed by atoms with E-state index < -0.39 is 5.79 Å². The minimum Gasteiger partial charge on any atom is -0.395 e. The van der Waals surface area contributed by atoms with Crippen LogP contribution in [0.4, 0.5) is 0 Å². The zero-order valence-electron chi connectivity index (χ0n) is 15.4. The predicted molar refractivity (Wildman–Crippen MR) is 94.4 cm³/mol. The molecule has 2 bridgehead atoms. The Bertz CT molecular complexity index is 437. The molecule has 2 heterocycles. The summed E-state index contributed by atoms with van der Waals surface area (Å²) in [6.45, 7) is 12.3. The van der Waals surface area contributed by atoms with Gasteiger partial charge in [0.15, 0.2) is 5.79 Å². The number of hydrogen-bond acceptors (Lipinski definition) is 5. The molecule has 0 aromatic carbocycles. The summed E-state index contributed by atoms with van der Waals surface area (Å²) in [5.41, 5.74) is 1.13. The second-order valence-electron chi connectivity index (χ2n) is 8.02. The van der Waals surface area contributed by atoms with Crippen molar-refractivity contribution in [1.82, 2.24) is 5.32 Å². The molecule has 3 aliphatic rings. The normalized spacial score (nSPS) is 40.5. The highest BCUT2D eigenvalue weighted by atomic mass is 16.6. The van der Waals surface area contributed by atoms with Crippen molar-refractivity contribution in [3.05, 3.63) is 12.2 Å². The zero-order chi connectivity index (χ0) is 18.0. The van der Waals surface area contributed by atoms with E-state index in [1.165, 1.54) is 18.4 Å². The molecule has 140 valence electrons. The number of nitrogens with one attached hydrogen (secondary N) is 1. The molecule has 3 rings (SSSR count). The lowest BCUT2D eigenvalue weighted by atomic mass is 9.77. The first-order valence-corrected chi connectivity index (χ1v) is 9.33. The number of aliphatic hydroxyl groups is 3. The van der Waals surface area contributed by atoms with Crippen molar-refractivity contribution in [3.63, 3.8) is 0 Å². The molecule has 2 saturated heterocycles. The first kappa shape index (κ1) is 19.9. The Morgan fingerprint density at radius 1 is 1.25 bits per heavy atom. The minimum absolute atomic E-state index is 0.0982. The van der Waals surface area contributed by atoms with Gasteiger partial charge in [0.1, 0.15) is 0 Å². The molecular weight excluding hydrogens is 306 g/mol. The number of ether oxygens (including phenoxy) is 1. The molecule has 0 radical (unpaired) electrons. The van der Waals surface area contributed by atoms with Gasteiger partial charge in [-0.05, 0) is 31.1 Å². The van der Waals surface area contributed by atoms with E-state index in [2.05, 4.69) is 32.7 Å². The Morgan fingerprint density at radius 3 is 2.42 bits per heavy atom. The Labute approximate surface area is 146 Å². The van der Waals surface area contributed by atoms with Crippen molar-refractivity contribution >= 4 is 0 Å². The van der Waals surface area contributed by atoms with Crippen LogP contribution in [0.3, 0.4) is 0 Å². The maximum atomic E-state index is 10.8. The molecule has 5 atom stereocenters. The van der Waals surface area contributed by atoms with Crippen molar-refractivity contribution in [3.8, 4) is 0 Å². The molecule has 24 heavy (non-hydrogen) atoms. The Morgan fingerprint density at radius 2 is 1.88 bits per heavy atom. The maximum Gasteiger partial charge on any atom is 0.173 e. The highest BCUT2D eigenvalue weighted by molar-refractivity contribution is 5.24. The third-order valence-corrected chi connectivity index (χ3v) is 6.15. The average molecular weight is 341 g/mol. The molecule has 1 aliphatic carbocycles. The predicted octanol–water partition coefficient (Wildman–Crippen LogP) is 1.67. The number of aliphatic hydroxyl groups excluding tert-OH is 2. The van der Waals surface area contributed by atoms with Gasteiger partial charge < -0.3 is 25.4 Å². The van der Waals surface area contributed by atoms with E-state index in [0.29, 0.717) is 37.3 Å². The van der Waals surface area contributed by atoms with E-state index in [1.807, 2.05) is 0 Å². The Kier molecular flexibility index (Phi) is 6.48. The van der Waals surface area contributed by atoms with E-state index >= 15 is 0 Å². The fourth-order valence-corrected chi connectivity index (χ4v) is 4.92. The van der Waals surface area contributed by atoms with Crippen LogP contribution in [-0.2, 0) is 4.74 Å². The standard InChI is InChI=1S/C15H24O2.C4H11NO2/c1-9(2)13-8-14-11(4)5-6-12(14)10(3)7-15(13,16)17-14;6-3-1-5-2-4-7/h9,11-13,16H,3,5-8H2,1-2,4H3;5-7H,1-4H2/t11-,12-,13-,14-,15-;/m0./s1. The first-order chi connectivity index (χ1) is 11.3. The molecule has 5 nitrogen and oxygen atoms in total. The fourth-order valence-electron chi connectivity index (χ4n) is 4.92. The van der Waals surface area contributed by atoms with Gasteiger partial charge in [0.25, 0.3) is 0 Å². The van der Waals surface area contributed by atoms with Crippen LogP contribution < -0.4 is 5.32 Å².